The largest absolute Gasteiger partial charge is 0.480 e. The summed E-state index contributed by atoms with van der Waals surface area (Å²) in [5.74, 6) is 1.63. The van der Waals surface area contributed by atoms with Gasteiger partial charge in [0, 0.05) is 6.54 Å². The van der Waals surface area contributed by atoms with Crippen molar-refractivity contribution in [3.8, 4) is 0 Å². The molecule has 0 spiro atoms. The Bertz CT molecular complexity index is 748. The Morgan fingerprint density at radius 2 is 1.84 bits per heavy atom. The molecule has 172 valence electrons. The highest BCUT2D eigenvalue weighted by molar-refractivity contribution is 5.96. The molecule has 0 bridgehead atoms. The van der Waals surface area contributed by atoms with E-state index in [1.54, 1.807) is 0 Å². The highest BCUT2D eigenvalue weighted by Crippen LogP contribution is 2.29. The lowest BCUT2D eigenvalue weighted by atomic mass is 9.91. The average molecular weight is 432 g/mol. The number of aliphatic imine (C=N–C) groups is 2. The van der Waals surface area contributed by atoms with Gasteiger partial charge in [-0.25, -0.2) is 14.8 Å². The van der Waals surface area contributed by atoms with Crippen LogP contribution in [0.3, 0.4) is 0 Å². The van der Waals surface area contributed by atoms with Crippen LogP contribution in [0.2, 0.25) is 0 Å². The number of amides is 1. The maximum absolute atomic E-state index is 11.9. The molecule has 7 heteroatoms. The van der Waals surface area contributed by atoms with Gasteiger partial charge in [-0.3, -0.25) is 0 Å². The van der Waals surface area contributed by atoms with Crippen molar-refractivity contribution < 1.29 is 19.0 Å². The fourth-order valence-corrected chi connectivity index (χ4v) is 3.43. The van der Waals surface area contributed by atoms with E-state index in [9.17, 15) is 4.79 Å². The number of nitrogens with zero attached hydrogens (tertiary/aromatic N) is 2. The van der Waals surface area contributed by atoms with Crippen molar-refractivity contribution in [2.24, 2.45) is 15.9 Å². The lowest BCUT2D eigenvalue weighted by Gasteiger charge is -2.34. The monoisotopic (exact) mass is 431 g/mol. The smallest absolute Gasteiger partial charge is 0.407 e. The van der Waals surface area contributed by atoms with Crippen LogP contribution in [-0.2, 0) is 20.8 Å². The highest BCUT2D eigenvalue weighted by atomic mass is 16.5. The first-order valence-electron chi connectivity index (χ1n) is 11.3. The Balaban J connectivity index is 1.84. The van der Waals surface area contributed by atoms with E-state index < -0.39 is 11.6 Å². The summed E-state index contributed by atoms with van der Waals surface area (Å²) < 4.78 is 16.9. The summed E-state index contributed by atoms with van der Waals surface area (Å²) in [4.78, 5) is 21.7. The van der Waals surface area contributed by atoms with Gasteiger partial charge in [0.15, 0.2) is 0 Å². The number of nitrogens with one attached hydrogen (secondary N) is 1. The summed E-state index contributed by atoms with van der Waals surface area (Å²) in [5, 5.41) is 2.81. The maximum Gasteiger partial charge on any atom is 0.407 e. The molecule has 0 fully saturated rings. The van der Waals surface area contributed by atoms with Crippen LogP contribution in [0.1, 0.15) is 59.4 Å². The molecule has 1 amide bonds. The quantitative estimate of drug-likeness (QED) is 0.542. The minimum atomic E-state index is -0.556. The molecule has 1 heterocycles. The van der Waals surface area contributed by atoms with Gasteiger partial charge in [0.25, 0.3) is 0 Å². The van der Waals surface area contributed by atoms with Crippen LogP contribution in [0.4, 0.5) is 4.79 Å². The first kappa shape index (κ1) is 24.7. The molecular formula is C24H37N3O4. The topological polar surface area (TPSA) is 81.5 Å². The molecule has 0 aromatic heterocycles. The molecule has 1 aliphatic rings. The van der Waals surface area contributed by atoms with E-state index >= 15 is 0 Å². The van der Waals surface area contributed by atoms with Crippen molar-refractivity contribution >= 4 is 17.9 Å². The van der Waals surface area contributed by atoms with E-state index in [0.717, 1.165) is 24.8 Å². The Morgan fingerprint density at radius 1 is 1.13 bits per heavy atom. The fourth-order valence-electron chi connectivity index (χ4n) is 3.43. The molecule has 0 aliphatic carbocycles. The first-order chi connectivity index (χ1) is 14.9. The summed E-state index contributed by atoms with van der Waals surface area (Å²) in [6, 6.07) is 9.52. The zero-order valence-corrected chi connectivity index (χ0v) is 19.5. The molecule has 0 saturated carbocycles. The number of ether oxygens (including phenoxy) is 3. The number of carbonyl (C=O) groups excluding carboxylic acids is 1. The van der Waals surface area contributed by atoms with Crippen LogP contribution in [-0.4, -0.2) is 49.2 Å². The zero-order chi connectivity index (χ0) is 22.7. The standard InChI is InChI=1S/C24H37N3O4/c1-6-29-21-20(18(3)4)26-22(30-7-2)24(5,27-21)15-11-12-16-25-23(28)31-17-19-13-9-8-10-14-19/h8-10,13-14,18,20H,6-7,11-12,15-17H2,1-5H3,(H,25,28)/t20-,24+/m1/s1. The van der Waals surface area contributed by atoms with Gasteiger partial charge in [0.2, 0.25) is 11.8 Å². The molecule has 0 unspecified atom stereocenters. The molecule has 1 aromatic rings. The fraction of sp³-hybridized carbons (Fsp3) is 0.625. The molecule has 31 heavy (non-hydrogen) atoms. The Morgan fingerprint density at radius 3 is 2.48 bits per heavy atom. The van der Waals surface area contributed by atoms with Crippen molar-refractivity contribution in [2.45, 2.75) is 72.1 Å². The minimum Gasteiger partial charge on any atom is -0.480 e. The zero-order valence-electron chi connectivity index (χ0n) is 19.5. The van der Waals surface area contributed by atoms with Crippen molar-refractivity contribution in [1.82, 2.24) is 5.32 Å². The van der Waals surface area contributed by atoms with Crippen LogP contribution in [0.15, 0.2) is 40.3 Å². The number of hydrogen-bond donors (Lipinski definition) is 1. The molecule has 1 N–H and O–H groups in total. The molecule has 2 atom stereocenters. The van der Waals surface area contributed by atoms with E-state index in [-0.39, 0.29) is 18.6 Å². The number of carbonyl (C=O) groups is 1. The van der Waals surface area contributed by atoms with E-state index in [1.807, 2.05) is 51.1 Å². The summed E-state index contributed by atoms with van der Waals surface area (Å²) in [7, 11) is 0. The predicted molar refractivity (Wildman–Crippen MR) is 124 cm³/mol. The molecule has 1 aromatic carbocycles. The number of unbranched alkanes of at least 4 members (excludes halogenated alkanes) is 1. The van der Waals surface area contributed by atoms with Gasteiger partial charge >= 0.3 is 6.09 Å². The second-order valence-corrected chi connectivity index (χ2v) is 8.16. The number of rotatable bonds is 10. The number of hydrogen-bond acceptors (Lipinski definition) is 6. The van der Waals surface area contributed by atoms with Gasteiger partial charge in [-0.2, -0.15) is 0 Å². The third-order valence-electron chi connectivity index (χ3n) is 5.10. The lowest BCUT2D eigenvalue weighted by Crippen LogP contribution is -2.45. The van der Waals surface area contributed by atoms with Crippen LogP contribution in [0.25, 0.3) is 0 Å². The van der Waals surface area contributed by atoms with Crippen molar-refractivity contribution in [3.05, 3.63) is 35.9 Å². The normalized spacial score (nSPS) is 20.6. The van der Waals surface area contributed by atoms with Gasteiger partial charge in [0.1, 0.15) is 18.2 Å². The van der Waals surface area contributed by atoms with Crippen LogP contribution in [0.5, 0.6) is 0 Å². The Hall–Kier alpha value is -2.57. The van der Waals surface area contributed by atoms with Gasteiger partial charge in [-0.15, -0.1) is 0 Å². The second kappa shape index (κ2) is 12.3. The number of benzene rings is 1. The molecule has 7 nitrogen and oxygen atoms in total. The molecule has 1 aliphatic heterocycles. The van der Waals surface area contributed by atoms with Crippen LogP contribution in [0, 0.1) is 5.92 Å². The first-order valence-corrected chi connectivity index (χ1v) is 11.3. The van der Waals surface area contributed by atoms with Crippen molar-refractivity contribution in [2.75, 3.05) is 19.8 Å². The summed E-state index contributed by atoms with van der Waals surface area (Å²) in [5.41, 5.74) is 0.410. The van der Waals surface area contributed by atoms with E-state index in [4.69, 9.17) is 24.2 Å². The third-order valence-corrected chi connectivity index (χ3v) is 5.10. The maximum atomic E-state index is 11.9. The van der Waals surface area contributed by atoms with Gasteiger partial charge in [0.05, 0.1) is 13.2 Å². The summed E-state index contributed by atoms with van der Waals surface area (Å²) >= 11 is 0. The molecule has 0 radical (unpaired) electrons. The summed E-state index contributed by atoms with van der Waals surface area (Å²) in [6.45, 7) is 12.1. The molecule has 0 saturated heterocycles. The highest BCUT2D eigenvalue weighted by Gasteiger charge is 2.39. The van der Waals surface area contributed by atoms with Gasteiger partial charge < -0.3 is 19.5 Å². The third kappa shape index (κ3) is 7.56. The SMILES string of the molecule is CCOC1=N[C@@](C)(CCCCNC(=O)OCc2ccccc2)C(OCC)=N[C@@H]1C(C)C. The minimum absolute atomic E-state index is 0.115. The molecular weight excluding hydrogens is 394 g/mol. The van der Waals surface area contributed by atoms with Crippen molar-refractivity contribution in [3.63, 3.8) is 0 Å². The van der Waals surface area contributed by atoms with Crippen LogP contribution >= 0.6 is 0 Å². The Labute approximate surface area is 186 Å². The predicted octanol–water partition coefficient (Wildman–Crippen LogP) is 4.75. The van der Waals surface area contributed by atoms with E-state index in [1.165, 1.54) is 0 Å². The summed E-state index contributed by atoms with van der Waals surface area (Å²) in [6.07, 6.45) is 2.02. The van der Waals surface area contributed by atoms with E-state index in [2.05, 4.69) is 19.2 Å². The Kier molecular flexibility index (Phi) is 9.82. The molecule has 2 rings (SSSR count). The van der Waals surface area contributed by atoms with Crippen molar-refractivity contribution in [1.29, 1.82) is 0 Å². The second-order valence-electron chi connectivity index (χ2n) is 8.16. The average Bonchev–Trinajstić information content (AvgIpc) is 2.74. The van der Waals surface area contributed by atoms with Gasteiger partial charge in [-0.1, -0.05) is 44.2 Å². The van der Waals surface area contributed by atoms with Crippen LogP contribution < -0.4 is 5.32 Å². The number of alkyl carbamates (subject to hydrolysis) is 1. The lowest BCUT2D eigenvalue weighted by molar-refractivity contribution is 0.139. The van der Waals surface area contributed by atoms with E-state index in [0.29, 0.717) is 31.6 Å². The van der Waals surface area contributed by atoms with Gasteiger partial charge in [-0.05, 0) is 51.5 Å².